The maximum Gasteiger partial charge on any atom is 0.338 e. The Morgan fingerprint density at radius 2 is 1.69 bits per heavy atom. The fourth-order valence-electron chi connectivity index (χ4n) is 2.96. The molecule has 1 heterocycles. The van der Waals surface area contributed by atoms with E-state index in [1.165, 1.54) is 36.0 Å². The van der Waals surface area contributed by atoms with Crippen LogP contribution in [-0.2, 0) is 9.53 Å². The van der Waals surface area contributed by atoms with Gasteiger partial charge in [0, 0.05) is 11.4 Å². The number of anilines is 1. The van der Waals surface area contributed by atoms with Crippen molar-refractivity contribution in [2.24, 2.45) is 0 Å². The van der Waals surface area contributed by atoms with Crippen LogP contribution in [0.4, 0.5) is 5.69 Å². The van der Waals surface area contributed by atoms with Gasteiger partial charge in [0.25, 0.3) is 5.91 Å². The zero-order chi connectivity index (χ0) is 23.3. The summed E-state index contributed by atoms with van der Waals surface area (Å²) < 4.78 is 7.27. The van der Waals surface area contributed by atoms with Crippen molar-refractivity contribution in [1.82, 2.24) is 14.8 Å². The van der Waals surface area contributed by atoms with E-state index in [1.807, 2.05) is 17.7 Å². The highest BCUT2D eigenvalue weighted by atomic mass is 32.2. The van der Waals surface area contributed by atoms with Gasteiger partial charge >= 0.3 is 11.9 Å². The Morgan fingerprint density at radius 3 is 2.25 bits per heavy atom. The van der Waals surface area contributed by atoms with Crippen molar-refractivity contribution in [3.8, 4) is 5.69 Å². The van der Waals surface area contributed by atoms with Crippen LogP contribution >= 0.6 is 11.8 Å². The molecule has 0 fully saturated rings. The second kappa shape index (κ2) is 10.1. The normalized spacial score (nSPS) is 11.6. The van der Waals surface area contributed by atoms with Crippen molar-refractivity contribution in [1.29, 1.82) is 0 Å². The maximum atomic E-state index is 12.6. The number of aromatic carboxylic acids is 1. The lowest BCUT2D eigenvalue weighted by Gasteiger charge is -2.16. The van der Waals surface area contributed by atoms with E-state index in [0.29, 0.717) is 11.3 Å². The number of amides is 1. The summed E-state index contributed by atoms with van der Waals surface area (Å²) in [6.07, 6.45) is 1.19. The number of carbonyl (C=O) groups is 3. The van der Waals surface area contributed by atoms with Crippen LogP contribution < -0.4 is 5.32 Å². The highest BCUT2D eigenvalue weighted by molar-refractivity contribution is 7.98. The number of thioether (sulfide) groups is 1. The van der Waals surface area contributed by atoms with Crippen molar-refractivity contribution in [2.45, 2.75) is 31.5 Å². The van der Waals surface area contributed by atoms with Crippen LogP contribution in [0.25, 0.3) is 5.69 Å². The van der Waals surface area contributed by atoms with Crippen LogP contribution in [0.3, 0.4) is 0 Å². The molecule has 3 rings (SSSR count). The van der Waals surface area contributed by atoms with Crippen LogP contribution in [-0.4, -0.2) is 50.1 Å². The number of carboxylic acid groups (broad SMARTS) is 1. The van der Waals surface area contributed by atoms with Crippen molar-refractivity contribution in [2.75, 3.05) is 11.6 Å². The van der Waals surface area contributed by atoms with Crippen LogP contribution in [0.1, 0.15) is 39.9 Å². The first-order chi connectivity index (χ1) is 15.3. The molecule has 0 aliphatic carbocycles. The van der Waals surface area contributed by atoms with E-state index in [0.717, 1.165) is 16.7 Å². The number of aryl methyl sites for hydroxylation is 1. The lowest BCUT2D eigenvalue weighted by Crippen LogP contribution is -2.32. The summed E-state index contributed by atoms with van der Waals surface area (Å²) >= 11 is 1.46. The second-order valence-corrected chi connectivity index (χ2v) is 7.56. The smallest absolute Gasteiger partial charge is 0.338 e. The van der Waals surface area contributed by atoms with E-state index in [4.69, 9.17) is 9.84 Å². The van der Waals surface area contributed by atoms with Gasteiger partial charge in [-0.3, -0.25) is 9.36 Å². The predicted octanol–water partition coefficient (Wildman–Crippen LogP) is 3.57. The Hall–Kier alpha value is -3.66. The molecule has 166 valence electrons. The average Bonchev–Trinajstić information content (AvgIpc) is 3.18. The molecule has 1 amide bonds. The van der Waals surface area contributed by atoms with E-state index in [2.05, 4.69) is 15.5 Å². The van der Waals surface area contributed by atoms with Gasteiger partial charge in [0.05, 0.1) is 11.1 Å². The predicted molar refractivity (Wildman–Crippen MR) is 119 cm³/mol. The van der Waals surface area contributed by atoms with E-state index in [-0.39, 0.29) is 12.0 Å². The lowest BCUT2D eigenvalue weighted by molar-refractivity contribution is -0.124. The third-order valence-electron chi connectivity index (χ3n) is 4.65. The minimum Gasteiger partial charge on any atom is -0.478 e. The standard InChI is InChI=1S/C22H22N4O5S/c1-4-18(19(27)23-16-9-5-14(6-10-16)20(28)29)31-21(30)15-7-11-17(12-8-15)26-13(2)24-25-22(26)32-3/h5-12,18H,4H2,1-3H3,(H,23,27)(H,28,29). The molecule has 0 bridgehead atoms. The topological polar surface area (TPSA) is 123 Å². The van der Waals surface area contributed by atoms with Crippen molar-refractivity contribution >= 4 is 35.3 Å². The number of hydrogen-bond donors (Lipinski definition) is 2. The Balaban J connectivity index is 1.67. The van der Waals surface area contributed by atoms with Gasteiger partial charge in [0.2, 0.25) is 0 Å². The summed E-state index contributed by atoms with van der Waals surface area (Å²) in [5.41, 5.74) is 1.63. The molecule has 0 saturated heterocycles. The molecular weight excluding hydrogens is 432 g/mol. The molecule has 0 spiro atoms. The zero-order valence-electron chi connectivity index (χ0n) is 17.7. The monoisotopic (exact) mass is 454 g/mol. The summed E-state index contributed by atoms with van der Waals surface area (Å²) in [5, 5.41) is 20.5. The number of hydrogen-bond acceptors (Lipinski definition) is 7. The molecule has 1 unspecified atom stereocenters. The molecular formula is C22H22N4O5S. The van der Waals surface area contributed by atoms with Gasteiger partial charge in [-0.05, 0) is 68.1 Å². The quantitative estimate of drug-likeness (QED) is 0.391. The Labute approximate surface area is 188 Å². The number of carboxylic acids is 1. The average molecular weight is 455 g/mol. The Bertz CT molecular complexity index is 1130. The van der Waals surface area contributed by atoms with Gasteiger partial charge in [-0.25, -0.2) is 9.59 Å². The molecule has 1 atom stereocenters. The lowest BCUT2D eigenvalue weighted by atomic mass is 10.2. The second-order valence-electron chi connectivity index (χ2n) is 6.79. The van der Waals surface area contributed by atoms with E-state index in [9.17, 15) is 14.4 Å². The molecule has 2 N–H and O–H groups in total. The van der Waals surface area contributed by atoms with E-state index in [1.54, 1.807) is 31.2 Å². The molecule has 2 aromatic carbocycles. The van der Waals surface area contributed by atoms with Crippen LogP contribution in [0.15, 0.2) is 53.7 Å². The third-order valence-corrected chi connectivity index (χ3v) is 5.28. The first-order valence-corrected chi connectivity index (χ1v) is 11.0. The summed E-state index contributed by atoms with van der Waals surface area (Å²) in [6.45, 7) is 3.57. The number of carbonyl (C=O) groups excluding carboxylic acids is 2. The molecule has 0 aliphatic rings. The molecule has 0 radical (unpaired) electrons. The molecule has 0 saturated carbocycles. The van der Waals surface area contributed by atoms with E-state index < -0.39 is 23.9 Å². The molecule has 0 aliphatic heterocycles. The Kier molecular flexibility index (Phi) is 7.26. The highest BCUT2D eigenvalue weighted by Gasteiger charge is 2.22. The van der Waals surface area contributed by atoms with E-state index >= 15 is 0 Å². The highest BCUT2D eigenvalue weighted by Crippen LogP contribution is 2.20. The van der Waals surface area contributed by atoms with Gasteiger partial charge in [-0.15, -0.1) is 10.2 Å². The van der Waals surface area contributed by atoms with Crippen LogP contribution in [0.2, 0.25) is 0 Å². The molecule has 32 heavy (non-hydrogen) atoms. The number of aromatic nitrogens is 3. The largest absolute Gasteiger partial charge is 0.478 e. The van der Waals surface area contributed by atoms with Crippen molar-refractivity contribution in [3.05, 3.63) is 65.5 Å². The number of rotatable bonds is 8. The van der Waals surface area contributed by atoms with Gasteiger partial charge in [-0.1, -0.05) is 18.7 Å². The first-order valence-electron chi connectivity index (χ1n) is 9.75. The molecule has 10 heteroatoms. The zero-order valence-corrected chi connectivity index (χ0v) is 18.5. The number of nitrogens with zero attached hydrogens (tertiary/aromatic N) is 3. The van der Waals surface area contributed by atoms with Crippen LogP contribution in [0, 0.1) is 6.92 Å². The summed E-state index contributed by atoms with van der Waals surface area (Å²) in [4.78, 5) is 36.0. The Morgan fingerprint density at radius 1 is 1.06 bits per heavy atom. The molecule has 3 aromatic rings. The summed E-state index contributed by atoms with van der Waals surface area (Å²) in [6, 6.07) is 12.5. The van der Waals surface area contributed by atoms with Crippen LogP contribution in [0.5, 0.6) is 0 Å². The van der Waals surface area contributed by atoms with Gasteiger partial charge in [-0.2, -0.15) is 0 Å². The minimum absolute atomic E-state index is 0.108. The number of benzene rings is 2. The minimum atomic E-state index is -1.06. The van der Waals surface area contributed by atoms with Crippen molar-refractivity contribution < 1.29 is 24.2 Å². The molecule has 1 aromatic heterocycles. The number of esters is 1. The number of ether oxygens (including phenoxy) is 1. The van der Waals surface area contributed by atoms with Gasteiger partial charge in [0.15, 0.2) is 11.3 Å². The van der Waals surface area contributed by atoms with Crippen molar-refractivity contribution in [3.63, 3.8) is 0 Å². The molecule has 9 nitrogen and oxygen atoms in total. The third kappa shape index (κ3) is 5.14. The SMILES string of the molecule is CCC(OC(=O)c1ccc(-n2c(C)nnc2SC)cc1)C(=O)Nc1ccc(C(=O)O)cc1. The first kappa shape index (κ1) is 23.0. The van der Waals surface area contributed by atoms with Gasteiger partial charge < -0.3 is 15.2 Å². The summed E-state index contributed by atoms with van der Waals surface area (Å²) in [5.74, 6) is -1.45. The fourth-order valence-corrected chi connectivity index (χ4v) is 3.50. The summed E-state index contributed by atoms with van der Waals surface area (Å²) in [7, 11) is 0. The fraction of sp³-hybridized carbons (Fsp3) is 0.227. The maximum absolute atomic E-state index is 12.6. The number of nitrogens with one attached hydrogen (secondary N) is 1. The van der Waals surface area contributed by atoms with Gasteiger partial charge in [0.1, 0.15) is 5.82 Å².